The van der Waals surface area contributed by atoms with Crippen molar-refractivity contribution in [2.24, 2.45) is 0 Å². The fraction of sp³-hybridized carbons (Fsp3) is 0.200. The maximum absolute atomic E-state index is 8.66. The Morgan fingerprint density at radius 2 is 2.15 bits per heavy atom. The van der Waals surface area contributed by atoms with E-state index < -0.39 is 0 Å². The first-order valence-electron chi connectivity index (χ1n) is 4.24. The van der Waals surface area contributed by atoms with Gasteiger partial charge in [0.25, 0.3) is 0 Å². The van der Waals surface area contributed by atoms with Crippen LogP contribution in [0.2, 0.25) is 0 Å². The van der Waals surface area contributed by atoms with Crippen LogP contribution in [0, 0.1) is 11.3 Å². The first-order valence-corrected chi connectivity index (χ1v) is 4.24. The molecule has 0 fully saturated rings. The average Bonchev–Trinajstić information content (AvgIpc) is 2.68. The number of rotatable bonds is 0. The van der Waals surface area contributed by atoms with E-state index in [1.165, 1.54) is 0 Å². The molecule has 0 aromatic carbocycles. The summed E-state index contributed by atoms with van der Waals surface area (Å²) in [5.74, 6) is 0. The summed E-state index contributed by atoms with van der Waals surface area (Å²) >= 11 is 0. The highest BCUT2D eigenvalue weighted by Crippen LogP contribution is 2.12. The predicted molar refractivity (Wildman–Crippen MR) is 52.2 cm³/mol. The number of nitrogens with one attached hydrogen (secondary N) is 1. The molecule has 0 aliphatic heterocycles. The van der Waals surface area contributed by atoms with Crippen molar-refractivity contribution in [3.63, 3.8) is 0 Å². The second kappa shape index (κ2) is 4.27. The third-order valence-corrected chi connectivity index (χ3v) is 1.57. The Morgan fingerprint density at radius 1 is 1.38 bits per heavy atom. The SMILES string of the molecule is CC.N#Cc1ccnc2cc[nH]c12. The normalized spacial score (nSPS) is 8.69. The standard InChI is InChI=1S/C8H5N3.C2H6/c9-5-6-1-3-10-7-2-4-11-8(6)7;1-2/h1-4,11H;1-2H3. The number of pyridine rings is 1. The molecule has 0 spiro atoms. The zero-order chi connectivity index (χ0) is 9.68. The summed E-state index contributed by atoms with van der Waals surface area (Å²) in [4.78, 5) is 7.02. The molecule has 13 heavy (non-hydrogen) atoms. The van der Waals surface area contributed by atoms with Crippen LogP contribution < -0.4 is 0 Å². The van der Waals surface area contributed by atoms with E-state index in [4.69, 9.17) is 5.26 Å². The van der Waals surface area contributed by atoms with E-state index in [9.17, 15) is 0 Å². The quantitative estimate of drug-likeness (QED) is 0.665. The van der Waals surface area contributed by atoms with Crippen molar-refractivity contribution in [3.05, 3.63) is 30.1 Å². The van der Waals surface area contributed by atoms with Crippen LogP contribution in [0.4, 0.5) is 0 Å². The van der Waals surface area contributed by atoms with Gasteiger partial charge < -0.3 is 4.98 Å². The highest BCUT2D eigenvalue weighted by atomic mass is 14.8. The molecule has 2 aromatic rings. The van der Waals surface area contributed by atoms with Gasteiger partial charge in [-0.15, -0.1) is 0 Å². The largest absolute Gasteiger partial charge is 0.359 e. The van der Waals surface area contributed by atoms with E-state index in [2.05, 4.69) is 16.0 Å². The summed E-state index contributed by atoms with van der Waals surface area (Å²) in [5, 5.41) is 8.66. The van der Waals surface area contributed by atoms with Crippen molar-refractivity contribution in [1.82, 2.24) is 9.97 Å². The minimum absolute atomic E-state index is 0.639. The topological polar surface area (TPSA) is 52.5 Å². The van der Waals surface area contributed by atoms with E-state index in [0.717, 1.165) is 11.0 Å². The molecule has 0 bridgehead atoms. The molecule has 0 radical (unpaired) electrons. The van der Waals surface area contributed by atoms with Crippen molar-refractivity contribution in [2.45, 2.75) is 13.8 Å². The first-order chi connectivity index (χ1) is 6.42. The van der Waals surface area contributed by atoms with Crippen LogP contribution in [0.3, 0.4) is 0 Å². The number of aromatic nitrogens is 2. The second-order valence-electron chi connectivity index (χ2n) is 2.21. The summed E-state index contributed by atoms with van der Waals surface area (Å²) < 4.78 is 0. The predicted octanol–water partition coefficient (Wildman–Crippen LogP) is 2.46. The Morgan fingerprint density at radius 3 is 2.85 bits per heavy atom. The smallest absolute Gasteiger partial charge is 0.101 e. The van der Waals surface area contributed by atoms with Crippen LogP contribution in [0.1, 0.15) is 19.4 Å². The molecule has 0 amide bonds. The molecular formula is C10H11N3. The third kappa shape index (κ3) is 1.67. The number of aromatic amines is 1. The van der Waals surface area contributed by atoms with Gasteiger partial charge in [0.2, 0.25) is 0 Å². The van der Waals surface area contributed by atoms with Crippen LogP contribution in [0.5, 0.6) is 0 Å². The Kier molecular flexibility index (Phi) is 3.04. The molecule has 66 valence electrons. The number of H-pyrrole nitrogens is 1. The fourth-order valence-electron chi connectivity index (χ4n) is 1.05. The Bertz CT molecular complexity index is 423. The average molecular weight is 173 g/mol. The van der Waals surface area contributed by atoms with Gasteiger partial charge in [0.15, 0.2) is 0 Å². The van der Waals surface area contributed by atoms with E-state index in [0.29, 0.717) is 5.56 Å². The lowest BCUT2D eigenvalue weighted by Crippen LogP contribution is -1.79. The van der Waals surface area contributed by atoms with Gasteiger partial charge in [-0.3, -0.25) is 4.98 Å². The summed E-state index contributed by atoms with van der Waals surface area (Å²) in [6, 6.07) is 5.62. The summed E-state index contributed by atoms with van der Waals surface area (Å²) in [5.41, 5.74) is 2.29. The highest BCUT2D eigenvalue weighted by molar-refractivity contribution is 5.80. The molecule has 0 atom stereocenters. The molecule has 0 aliphatic carbocycles. The third-order valence-electron chi connectivity index (χ3n) is 1.57. The molecule has 2 aromatic heterocycles. The number of nitriles is 1. The van der Waals surface area contributed by atoms with E-state index in [1.54, 1.807) is 18.5 Å². The van der Waals surface area contributed by atoms with Crippen LogP contribution in [0.25, 0.3) is 11.0 Å². The van der Waals surface area contributed by atoms with E-state index >= 15 is 0 Å². The maximum atomic E-state index is 8.66. The van der Waals surface area contributed by atoms with E-state index in [-0.39, 0.29) is 0 Å². The second-order valence-corrected chi connectivity index (χ2v) is 2.21. The van der Waals surface area contributed by atoms with Gasteiger partial charge in [0.05, 0.1) is 16.6 Å². The monoisotopic (exact) mass is 173 g/mol. The van der Waals surface area contributed by atoms with Crippen LogP contribution in [0.15, 0.2) is 24.5 Å². The maximum Gasteiger partial charge on any atom is 0.101 e. The molecular weight excluding hydrogens is 162 g/mol. The zero-order valence-corrected chi connectivity index (χ0v) is 7.70. The molecule has 1 N–H and O–H groups in total. The van der Waals surface area contributed by atoms with Gasteiger partial charge in [-0.25, -0.2) is 0 Å². The minimum atomic E-state index is 0.639. The highest BCUT2D eigenvalue weighted by Gasteiger charge is 1.99. The lowest BCUT2D eigenvalue weighted by Gasteiger charge is -1.89. The molecule has 0 saturated carbocycles. The zero-order valence-electron chi connectivity index (χ0n) is 7.70. The molecule has 3 nitrogen and oxygen atoms in total. The molecule has 0 aliphatic rings. The van der Waals surface area contributed by atoms with Crippen molar-refractivity contribution in [3.8, 4) is 6.07 Å². The number of hydrogen-bond acceptors (Lipinski definition) is 2. The minimum Gasteiger partial charge on any atom is -0.359 e. The Balaban J connectivity index is 0.000000396. The van der Waals surface area contributed by atoms with Crippen molar-refractivity contribution < 1.29 is 0 Å². The molecule has 0 saturated heterocycles. The lowest BCUT2D eigenvalue weighted by molar-refractivity contribution is 1.38. The van der Waals surface area contributed by atoms with Crippen molar-refractivity contribution in [2.75, 3.05) is 0 Å². The first kappa shape index (κ1) is 9.27. The Labute approximate surface area is 77.0 Å². The van der Waals surface area contributed by atoms with Crippen LogP contribution in [-0.4, -0.2) is 9.97 Å². The van der Waals surface area contributed by atoms with Gasteiger partial charge in [0.1, 0.15) is 6.07 Å². The van der Waals surface area contributed by atoms with Crippen LogP contribution >= 0.6 is 0 Å². The Hall–Kier alpha value is -1.82. The van der Waals surface area contributed by atoms with Gasteiger partial charge in [0, 0.05) is 12.4 Å². The van der Waals surface area contributed by atoms with Gasteiger partial charge in [-0.1, -0.05) is 13.8 Å². The number of hydrogen-bond donors (Lipinski definition) is 1. The molecule has 3 heteroatoms. The van der Waals surface area contributed by atoms with E-state index in [1.807, 2.05) is 19.9 Å². The van der Waals surface area contributed by atoms with Gasteiger partial charge >= 0.3 is 0 Å². The summed E-state index contributed by atoms with van der Waals surface area (Å²) in [7, 11) is 0. The van der Waals surface area contributed by atoms with Gasteiger partial charge in [-0.05, 0) is 12.1 Å². The van der Waals surface area contributed by atoms with Crippen molar-refractivity contribution >= 4 is 11.0 Å². The van der Waals surface area contributed by atoms with Crippen LogP contribution in [-0.2, 0) is 0 Å². The number of nitrogens with zero attached hydrogens (tertiary/aromatic N) is 2. The summed E-state index contributed by atoms with van der Waals surface area (Å²) in [6.07, 6.45) is 3.41. The number of fused-ring (bicyclic) bond motifs is 1. The molecule has 2 rings (SSSR count). The molecule has 0 unspecified atom stereocenters. The molecule has 2 heterocycles. The summed E-state index contributed by atoms with van der Waals surface area (Å²) in [6.45, 7) is 4.00. The van der Waals surface area contributed by atoms with Gasteiger partial charge in [-0.2, -0.15) is 5.26 Å². The lowest BCUT2D eigenvalue weighted by atomic mass is 10.2. The van der Waals surface area contributed by atoms with Crippen molar-refractivity contribution in [1.29, 1.82) is 5.26 Å². The fourth-order valence-corrected chi connectivity index (χ4v) is 1.05.